The Kier molecular flexibility index (Phi) is 4.78. The number of rotatable bonds is 4. The first kappa shape index (κ1) is 19.4. The van der Waals surface area contributed by atoms with Crippen LogP contribution in [-0.4, -0.2) is 48.4 Å². The van der Waals surface area contributed by atoms with Gasteiger partial charge >= 0.3 is 0 Å². The second-order valence-electron chi connectivity index (χ2n) is 9.91. The van der Waals surface area contributed by atoms with E-state index in [1.807, 2.05) is 12.3 Å². The fourth-order valence-corrected chi connectivity index (χ4v) is 6.52. The molecule has 1 N–H and O–H groups in total. The molecule has 0 amide bonds. The van der Waals surface area contributed by atoms with Gasteiger partial charge in [0.25, 0.3) is 0 Å². The molecule has 0 radical (unpaired) electrons. The summed E-state index contributed by atoms with van der Waals surface area (Å²) in [6.45, 7) is 4.16. The van der Waals surface area contributed by atoms with Crippen LogP contribution in [0.4, 0.5) is 21.6 Å². The van der Waals surface area contributed by atoms with Gasteiger partial charge in [0.05, 0.1) is 18.7 Å². The van der Waals surface area contributed by atoms with Crippen molar-refractivity contribution in [2.24, 2.45) is 11.8 Å². The van der Waals surface area contributed by atoms with Gasteiger partial charge in [-0.15, -0.1) is 0 Å². The molecule has 5 nitrogen and oxygen atoms in total. The van der Waals surface area contributed by atoms with Crippen molar-refractivity contribution in [2.45, 2.75) is 50.8 Å². The largest absolute Gasteiger partial charge is 0.392 e. The van der Waals surface area contributed by atoms with Crippen molar-refractivity contribution in [1.82, 2.24) is 4.98 Å². The molecule has 2 aromatic rings. The average Bonchev–Trinajstić information content (AvgIpc) is 3.22. The summed E-state index contributed by atoms with van der Waals surface area (Å²) in [4.78, 5) is 12.2. The van der Waals surface area contributed by atoms with Crippen molar-refractivity contribution in [3.63, 3.8) is 0 Å². The van der Waals surface area contributed by atoms with Crippen LogP contribution in [0.15, 0.2) is 36.5 Å². The molecule has 4 aliphatic heterocycles. The highest BCUT2D eigenvalue weighted by Gasteiger charge is 2.41. The van der Waals surface area contributed by atoms with Crippen molar-refractivity contribution in [1.29, 1.82) is 0 Å². The fourth-order valence-electron chi connectivity index (χ4n) is 6.52. The Bertz CT molecular complexity index is 952. The molecule has 4 saturated heterocycles. The topological polar surface area (TPSA) is 42.8 Å². The van der Waals surface area contributed by atoms with Crippen LogP contribution in [0.1, 0.15) is 37.7 Å². The number of aliphatic hydroxyl groups excluding tert-OH is 1. The van der Waals surface area contributed by atoms with Gasteiger partial charge in [-0.25, -0.2) is 9.37 Å². The van der Waals surface area contributed by atoms with E-state index in [-0.39, 0.29) is 12.4 Å². The Morgan fingerprint density at radius 2 is 1.74 bits per heavy atom. The molecule has 6 heteroatoms. The molecule has 7 rings (SSSR count). The van der Waals surface area contributed by atoms with Crippen molar-refractivity contribution in [2.75, 3.05) is 40.9 Å². The molecule has 0 spiro atoms. The number of aromatic nitrogens is 1. The zero-order valence-corrected chi connectivity index (χ0v) is 18.0. The highest BCUT2D eigenvalue weighted by molar-refractivity contribution is 5.58. The summed E-state index contributed by atoms with van der Waals surface area (Å²) in [6, 6.07) is 10.2. The lowest BCUT2D eigenvalue weighted by Crippen LogP contribution is -2.50. The predicted octanol–water partition coefficient (Wildman–Crippen LogP) is 3.81. The first-order chi connectivity index (χ1) is 15.2. The number of benzene rings is 1. The van der Waals surface area contributed by atoms with Crippen LogP contribution in [0.25, 0.3) is 0 Å². The third-order valence-corrected chi connectivity index (χ3v) is 7.95. The number of hydrogen-bond acceptors (Lipinski definition) is 5. The number of aliphatic hydroxyl groups is 1. The first-order valence-corrected chi connectivity index (χ1v) is 11.8. The van der Waals surface area contributed by atoms with Crippen LogP contribution >= 0.6 is 0 Å². The summed E-state index contributed by atoms with van der Waals surface area (Å²) >= 11 is 0. The Balaban J connectivity index is 1.24. The number of halogens is 1. The average molecular weight is 423 g/mol. The predicted molar refractivity (Wildman–Crippen MR) is 121 cm³/mol. The minimum absolute atomic E-state index is 0.131. The van der Waals surface area contributed by atoms with Gasteiger partial charge in [-0.05, 0) is 73.8 Å². The van der Waals surface area contributed by atoms with Crippen molar-refractivity contribution in [3.05, 3.63) is 47.9 Å². The van der Waals surface area contributed by atoms with Crippen LogP contribution in [0.2, 0.25) is 0 Å². The van der Waals surface area contributed by atoms with Crippen LogP contribution in [0.5, 0.6) is 0 Å². The molecule has 164 valence electrons. The smallest absolute Gasteiger partial charge is 0.130 e. The number of nitrogens with zero attached hydrogens (tertiary/aromatic N) is 4. The van der Waals surface area contributed by atoms with Gasteiger partial charge in [0.1, 0.15) is 11.6 Å². The maximum atomic E-state index is 14.1. The van der Waals surface area contributed by atoms with Gasteiger partial charge in [0.2, 0.25) is 0 Å². The van der Waals surface area contributed by atoms with E-state index in [0.29, 0.717) is 17.6 Å². The third kappa shape index (κ3) is 3.45. The van der Waals surface area contributed by atoms with E-state index in [9.17, 15) is 9.50 Å². The molecule has 2 atom stereocenters. The third-order valence-electron chi connectivity index (χ3n) is 7.95. The Morgan fingerprint density at radius 3 is 2.55 bits per heavy atom. The SMILES string of the molecule is OCc1cc(F)cc(N2CCC[C@@H]3[C@H]2CCN3c2cc(N3CC4CC(C4)C3)ccn2)c1. The number of fused-ring (bicyclic) bond motifs is 3. The zero-order chi connectivity index (χ0) is 20.9. The number of pyridine rings is 1. The highest BCUT2D eigenvalue weighted by Crippen LogP contribution is 2.42. The molecular weight excluding hydrogens is 391 g/mol. The summed E-state index contributed by atoms with van der Waals surface area (Å²) in [7, 11) is 0. The minimum Gasteiger partial charge on any atom is -0.392 e. The van der Waals surface area contributed by atoms with E-state index in [1.54, 1.807) is 6.07 Å². The number of hydrogen-bond donors (Lipinski definition) is 1. The zero-order valence-electron chi connectivity index (χ0n) is 18.0. The van der Waals surface area contributed by atoms with Gasteiger partial charge in [0.15, 0.2) is 0 Å². The normalized spacial score (nSPS) is 29.7. The molecule has 5 fully saturated rings. The van der Waals surface area contributed by atoms with E-state index in [0.717, 1.165) is 55.7 Å². The van der Waals surface area contributed by atoms with Crippen molar-refractivity contribution < 1.29 is 9.50 Å². The summed E-state index contributed by atoms with van der Waals surface area (Å²) in [5.74, 6) is 2.58. The lowest BCUT2D eigenvalue weighted by atomic mass is 9.71. The van der Waals surface area contributed by atoms with Gasteiger partial charge in [-0.3, -0.25) is 0 Å². The number of piperidine rings is 3. The summed E-state index contributed by atoms with van der Waals surface area (Å²) < 4.78 is 14.1. The lowest BCUT2D eigenvalue weighted by Gasteiger charge is -2.48. The van der Waals surface area contributed by atoms with Crippen LogP contribution in [-0.2, 0) is 6.61 Å². The van der Waals surface area contributed by atoms with E-state index >= 15 is 0 Å². The standard InChI is InChI=1S/C25H31FN4O/c26-20-10-19(16-31)11-22(12-20)29-6-1-2-23-24(29)4-7-30(23)25-13-21(3-5-27-25)28-14-17-8-18(9-17)15-28/h3,5,10-13,17-18,23-24,31H,1-2,4,6-9,14-16H2/t17?,18?,23-,24-/m1/s1. The van der Waals surface area contributed by atoms with Crippen LogP contribution in [0, 0.1) is 17.7 Å². The van der Waals surface area contributed by atoms with E-state index in [1.165, 1.54) is 37.7 Å². The lowest BCUT2D eigenvalue weighted by molar-refractivity contribution is 0.159. The quantitative estimate of drug-likeness (QED) is 0.812. The Hall–Kier alpha value is -2.34. The summed E-state index contributed by atoms with van der Waals surface area (Å²) in [6.07, 6.45) is 8.08. The molecule has 2 bridgehead atoms. The highest BCUT2D eigenvalue weighted by atomic mass is 19.1. The van der Waals surface area contributed by atoms with E-state index < -0.39 is 0 Å². The minimum atomic E-state index is -0.271. The Morgan fingerprint density at radius 1 is 0.935 bits per heavy atom. The molecule has 5 aliphatic rings. The van der Waals surface area contributed by atoms with Gasteiger partial charge < -0.3 is 19.8 Å². The van der Waals surface area contributed by atoms with Gasteiger partial charge in [0, 0.05) is 49.8 Å². The van der Waals surface area contributed by atoms with Crippen LogP contribution < -0.4 is 14.7 Å². The van der Waals surface area contributed by atoms with Crippen molar-refractivity contribution in [3.8, 4) is 0 Å². The molecule has 1 saturated carbocycles. The molecule has 0 unspecified atom stereocenters. The second kappa shape index (κ2) is 7.66. The second-order valence-corrected chi connectivity index (χ2v) is 9.91. The van der Waals surface area contributed by atoms with Crippen molar-refractivity contribution >= 4 is 17.2 Å². The Labute approximate surface area is 183 Å². The molecule has 31 heavy (non-hydrogen) atoms. The first-order valence-electron chi connectivity index (χ1n) is 11.8. The van der Waals surface area contributed by atoms with Crippen LogP contribution in [0.3, 0.4) is 0 Å². The summed E-state index contributed by atoms with van der Waals surface area (Å²) in [5.41, 5.74) is 2.85. The van der Waals surface area contributed by atoms with Gasteiger partial charge in [-0.2, -0.15) is 0 Å². The molecule has 1 aliphatic carbocycles. The molecular formula is C25H31FN4O. The van der Waals surface area contributed by atoms with E-state index in [4.69, 9.17) is 4.98 Å². The number of anilines is 3. The summed E-state index contributed by atoms with van der Waals surface area (Å²) in [5, 5.41) is 9.51. The van der Waals surface area contributed by atoms with E-state index in [2.05, 4.69) is 26.8 Å². The maximum absolute atomic E-state index is 14.1. The molecule has 1 aromatic heterocycles. The molecule has 5 heterocycles. The monoisotopic (exact) mass is 422 g/mol. The molecule has 1 aromatic carbocycles. The fraction of sp³-hybridized carbons (Fsp3) is 0.560. The van der Waals surface area contributed by atoms with Gasteiger partial charge in [-0.1, -0.05) is 0 Å². The maximum Gasteiger partial charge on any atom is 0.130 e.